The van der Waals surface area contributed by atoms with Crippen LogP contribution < -0.4 is 9.54 Å². The number of benzene rings is 2. The van der Waals surface area contributed by atoms with Crippen molar-refractivity contribution < 1.29 is 22.7 Å². The summed E-state index contributed by atoms with van der Waals surface area (Å²) in [6, 6.07) is 11.8. The summed E-state index contributed by atoms with van der Waals surface area (Å²) in [5, 5.41) is 0. The normalized spacial score (nSPS) is 16.3. The predicted octanol–water partition coefficient (Wildman–Crippen LogP) is 3.52. The molecule has 2 aromatic carbocycles. The molecular weight excluding hydrogens is 474 g/mol. The van der Waals surface area contributed by atoms with Gasteiger partial charge in [0.15, 0.2) is 4.80 Å². The third-order valence-corrected chi connectivity index (χ3v) is 9.04. The van der Waals surface area contributed by atoms with E-state index < -0.39 is 15.9 Å². The lowest BCUT2D eigenvalue weighted by atomic mass is 10.0. The van der Waals surface area contributed by atoms with Crippen LogP contribution in [0.4, 0.5) is 0 Å². The highest BCUT2D eigenvalue weighted by atomic mass is 32.2. The van der Waals surface area contributed by atoms with E-state index in [1.165, 1.54) is 39.9 Å². The van der Waals surface area contributed by atoms with Crippen LogP contribution in [-0.2, 0) is 21.3 Å². The van der Waals surface area contributed by atoms with Crippen molar-refractivity contribution >= 4 is 37.5 Å². The molecule has 182 valence electrons. The number of carbonyl (C=O) groups is 1. The van der Waals surface area contributed by atoms with Gasteiger partial charge in [-0.25, -0.2) is 8.42 Å². The lowest BCUT2D eigenvalue weighted by Gasteiger charge is -2.29. The second-order valence-corrected chi connectivity index (χ2v) is 11.3. The molecule has 8 nitrogen and oxygen atoms in total. The third-order valence-electron chi connectivity index (χ3n) is 6.09. The molecule has 1 saturated heterocycles. The van der Waals surface area contributed by atoms with E-state index in [1.54, 1.807) is 14.2 Å². The molecule has 0 atom stereocenters. The summed E-state index contributed by atoms with van der Waals surface area (Å²) in [4.78, 5) is 18.0. The van der Waals surface area contributed by atoms with Gasteiger partial charge in [0, 0.05) is 32.3 Å². The Morgan fingerprint density at radius 1 is 1.12 bits per heavy atom. The van der Waals surface area contributed by atoms with Crippen LogP contribution in [0, 0.1) is 5.92 Å². The van der Waals surface area contributed by atoms with Crippen LogP contribution in [0.5, 0.6) is 5.75 Å². The van der Waals surface area contributed by atoms with E-state index >= 15 is 0 Å². The standard InChI is InChI=1S/C24H29N3O5S2/c1-17-10-12-26(13-11-17)34(29,30)20-7-4-18(5-8-20)23(28)25-24-27(14-15-31-2)21-9-6-19(32-3)16-22(21)33-24/h4-9,16-17H,10-15H2,1-3H3. The van der Waals surface area contributed by atoms with Crippen LogP contribution in [0.3, 0.4) is 0 Å². The molecule has 34 heavy (non-hydrogen) atoms. The van der Waals surface area contributed by atoms with Crippen molar-refractivity contribution in [3.63, 3.8) is 0 Å². The van der Waals surface area contributed by atoms with Gasteiger partial charge >= 0.3 is 0 Å². The molecule has 0 aliphatic carbocycles. The van der Waals surface area contributed by atoms with E-state index in [-0.39, 0.29) is 4.90 Å². The molecule has 0 saturated carbocycles. The fourth-order valence-corrected chi connectivity index (χ4v) is 6.51. The van der Waals surface area contributed by atoms with Gasteiger partial charge in [-0.3, -0.25) is 4.79 Å². The molecule has 0 N–H and O–H groups in total. The van der Waals surface area contributed by atoms with Crippen molar-refractivity contribution in [2.75, 3.05) is 33.9 Å². The van der Waals surface area contributed by atoms with Gasteiger partial charge in [0.2, 0.25) is 10.0 Å². The average Bonchev–Trinajstić information content (AvgIpc) is 3.18. The van der Waals surface area contributed by atoms with E-state index in [2.05, 4.69) is 11.9 Å². The highest BCUT2D eigenvalue weighted by molar-refractivity contribution is 7.89. The molecule has 0 unspecified atom stereocenters. The zero-order chi connectivity index (χ0) is 24.3. The number of aromatic nitrogens is 1. The van der Waals surface area contributed by atoms with Crippen molar-refractivity contribution in [1.82, 2.24) is 8.87 Å². The summed E-state index contributed by atoms with van der Waals surface area (Å²) in [6.07, 6.45) is 1.72. The maximum Gasteiger partial charge on any atom is 0.279 e. The van der Waals surface area contributed by atoms with Gasteiger partial charge in [-0.2, -0.15) is 9.30 Å². The molecule has 4 rings (SSSR count). The third kappa shape index (κ3) is 5.10. The molecular formula is C24H29N3O5S2. The average molecular weight is 504 g/mol. The fraction of sp³-hybridized carbons (Fsp3) is 0.417. The van der Waals surface area contributed by atoms with Crippen molar-refractivity contribution in [2.45, 2.75) is 31.2 Å². The number of rotatable bonds is 7. The minimum Gasteiger partial charge on any atom is -0.497 e. The smallest absolute Gasteiger partial charge is 0.279 e. The van der Waals surface area contributed by atoms with E-state index in [9.17, 15) is 13.2 Å². The summed E-state index contributed by atoms with van der Waals surface area (Å²) in [5.41, 5.74) is 1.27. The maximum atomic E-state index is 13.0. The molecule has 1 amide bonds. The van der Waals surface area contributed by atoms with E-state index in [1.807, 2.05) is 22.8 Å². The lowest BCUT2D eigenvalue weighted by molar-refractivity contribution is 0.0997. The quantitative estimate of drug-likeness (QED) is 0.492. The first-order valence-corrected chi connectivity index (χ1v) is 13.4. The zero-order valence-electron chi connectivity index (χ0n) is 19.6. The minimum atomic E-state index is -3.56. The van der Waals surface area contributed by atoms with Crippen LogP contribution in [0.1, 0.15) is 30.1 Å². The molecule has 10 heteroatoms. The van der Waals surface area contributed by atoms with E-state index in [4.69, 9.17) is 9.47 Å². The van der Waals surface area contributed by atoms with Gasteiger partial charge in [0.25, 0.3) is 5.91 Å². The number of fused-ring (bicyclic) bond motifs is 1. The van der Waals surface area contributed by atoms with Crippen LogP contribution in [0.15, 0.2) is 52.4 Å². The number of piperidine rings is 1. The molecule has 2 heterocycles. The Labute approximate surface area is 203 Å². The Morgan fingerprint density at radius 3 is 2.47 bits per heavy atom. The number of sulfonamides is 1. The van der Waals surface area contributed by atoms with Crippen LogP contribution >= 0.6 is 11.3 Å². The molecule has 1 aromatic heterocycles. The summed E-state index contributed by atoms with van der Waals surface area (Å²) in [5.74, 6) is 0.834. The monoisotopic (exact) mass is 503 g/mol. The summed E-state index contributed by atoms with van der Waals surface area (Å²) in [6.45, 7) is 4.21. The lowest BCUT2D eigenvalue weighted by Crippen LogP contribution is -2.37. The Bertz CT molecular complexity index is 1340. The Hall–Kier alpha value is -2.53. The number of hydrogen-bond acceptors (Lipinski definition) is 6. The van der Waals surface area contributed by atoms with Crippen molar-refractivity contribution in [3.8, 4) is 5.75 Å². The highest BCUT2D eigenvalue weighted by Crippen LogP contribution is 2.25. The van der Waals surface area contributed by atoms with Gasteiger partial charge in [-0.1, -0.05) is 18.3 Å². The van der Waals surface area contributed by atoms with Gasteiger partial charge < -0.3 is 14.0 Å². The Balaban J connectivity index is 1.62. The second-order valence-electron chi connectivity index (χ2n) is 8.39. The van der Waals surface area contributed by atoms with Gasteiger partial charge in [-0.05, 0) is 61.2 Å². The Morgan fingerprint density at radius 2 is 1.82 bits per heavy atom. The summed E-state index contributed by atoms with van der Waals surface area (Å²) < 4.78 is 40.9. The molecule has 1 aliphatic heterocycles. The summed E-state index contributed by atoms with van der Waals surface area (Å²) >= 11 is 1.39. The number of ether oxygens (including phenoxy) is 2. The van der Waals surface area contributed by atoms with Crippen molar-refractivity contribution in [2.24, 2.45) is 10.9 Å². The minimum absolute atomic E-state index is 0.197. The first kappa shape index (κ1) is 24.6. The largest absolute Gasteiger partial charge is 0.497 e. The summed E-state index contributed by atoms with van der Waals surface area (Å²) in [7, 11) is -0.330. The van der Waals surface area contributed by atoms with E-state index in [0.717, 1.165) is 28.8 Å². The number of thiazole rings is 1. The molecule has 0 spiro atoms. The van der Waals surface area contributed by atoms with Crippen molar-refractivity contribution in [1.29, 1.82) is 0 Å². The Kier molecular flexibility index (Phi) is 7.51. The molecule has 0 bridgehead atoms. The SMILES string of the molecule is COCCn1c(=NC(=O)c2ccc(S(=O)(=O)N3CCC(C)CC3)cc2)sc2cc(OC)ccc21. The van der Waals surface area contributed by atoms with Gasteiger partial charge in [-0.15, -0.1) is 0 Å². The zero-order valence-corrected chi connectivity index (χ0v) is 21.2. The topological polar surface area (TPSA) is 90.2 Å². The second kappa shape index (κ2) is 10.4. The molecule has 1 aliphatic rings. The predicted molar refractivity (Wildman–Crippen MR) is 132 cm³/mol. The van der Waals surface area contributed by atoms with Crippen LogP contribution in [0.2, 0.25) is 0 Å². The highest BCUT2D eigenvalue weighted by Gasteiger charge is 2.28. The van der Waals surface area contributed by atoms with Gasteiger partial charge in [0.05, 0.1) is 28.8 Å². The maximum absolute atomic E-state index is 13.0. The van der Waals surface area contributed by atoms with Gasteiger partial charge in [0.1, 0.15) is 5.75 Å². The fourth-order valence-electron chi connectivity index (χ4n) is 3.96. The first-order valence-electron chi connectivity index (χ1n) is 11.2. The van der Waals surface area contributed by atoms with Crippen molar-refractivity contribution in [3.05, 3.63) is 52.8 Å². The number of hydrogen-bond donors (Lipinski definition) is 0. The number of methoxy groups -OCH3 is 2. The number of amides is 1. The van der Waals surface area contributed by atoms with Crippen LogP contribution in [-0.4, -0.2) is 57.1 Å². The van der Waals surface area contributed by atoms with E-state index in [0.29, 0.717) is 42.5 Å². The number of carbonyl (C=O) groups excluding carboxylic acids is 1. The van der Waals surface area contributed by atoms with Crippen LogP contribution in [0.25, 0.3) is 10.2 Å². The first-order chi connectivity index (χ1) is 16.3. The molecule has 0 radical (unpaired) electrons. The number of nitrogens with zero attached hydrogens (tertiary/aromatic N) is 3. The molecule has 1 fully saturated rings. The molecule has 3 aromatic rings.